The molecule has 2 N–H and O–H groups in total. The number of halogens is 2. The second-order valence-corrected chi connectivity index (χ2v) is 7.21. The summed E-state index contributed by atoms with van der Waals surface area (Å²) in [5, 5.41) is 5.71. The van der Waals surface area contributed by atoms with Crippen LogP contribution in [0.1, 0.15) is 13.8 Å². The van der Waals surface area contributed by atoms with E-state index in [0.29, 0.717) is 15.8 Å². The third-order valence-electron chi connectivity index (χ3n) is 2.13. The number of benzene rings is 1. The fourth-order valence-corrected chi connectivity index (χ4v) is 2.97. The smallest absolute Gasteiger partial charge is 0.209 e. The largest absolute Gasteiger partial charge is 0.491 e. The van der Waals surface area contributed by atoms with Crippen LogP contribution >= 0.6 is 23.2 Å². The minimum absolute atomic E-state index is 0.168. The van der Waals surface area contributed by atoms with Crippen molar-refractivity contribution in [2.24, 2.45) is 10.6 Å². The highest BCUT2D eigenvalue weighted by Crippen LogP contribution is 2.32. The summed E-state index contributed by atoms with van der Waals surface area (Å²) in [6, 6.07) is 5.02. The lowest BCUT2D eigenvalue weighted by atomic mass is 9.98. The fourth-order valence-electron chi connectivity index (χ4n) is 1.45. The summed E-state index contributed by atoms with van der Waals surface area (Å²) in [4.78, 5) is 0. The van der Waals surface area contributed by atoms with E-state index in [9.17, 15) is 8.42 Å². The molecule has 0 spiro atoms. The molecule has 0 aliphatic carbocycles. The molecule has 1 rings (SSSR count). The minimum atomic E-state index is -3.54. The molecule has 1 aromatic rings. The zero-order valence-electron chi connectivity index (χ0n) is 10.1. The monoisotopic (exact) mass is 311 g/mol. The molecule has 7 heteroatoms. The van der Waals surface area contributed by atoms with Crippen molar-refractivity contribution in [3.8, 4) is 5.75 Å². The molecule has 0 unspecified atom stereocenters. The van der Waals surface area contributed by atoms with E-state index in [1.165, 1.54) is 0 Å². The van der Waals surface area contributed by atoms with Crippen molar-refractivity contribution in [3.05, 3.63) is 28.2 Å². The molecule has 0 aliphatic heterocycles. The molecule has 0 bridgehead atoms. The minimum Gasteiger partial charge on any atom is -0.491 e. The van der Waals surface area contributed by atoms with Gasteiger partial charge in [0.25, 0.3) is 0 Å². The maximum atomic E-state index is 11.1. The van der Waals surface area contributed by atoms with E-state index >= 15 is 0 Å². The fraction of sp³-hybridized carbons (Fsp3) is 0.455. The lowest BCUT2D eigenvalue weighted by Gasteiger charge is -2.23. The van der Waals surface area contributed by atoms with Crippen LogP contribution in [0.15, 0.2) is 18.2 Å². The summed E-state index contributed by atoms with van der Waals surface area (Å²) in [7, 11) is -3.54. The summed E-state index contributed by atoms with van der Waals surface area (Å²) in [6.07, 6.45) is 0. The van der Waals surface area contributed by atoms with Gasteiger partial charge in [0.1, 0.15) is 10.8 Å². The zero-order valence-corrected chi connectivity index (χ0v) is 12.4. The Morgan fingerprint density at radius 2 is 1.94 bits per heavy atom. The topological polar surface area (TPSA) is 69.4 Å². The maximum Gasteiger partial charge on any atom is 0.209 e. The summed E-state index contributed by atoms with van der Waals surface area (Å²) >= 11 is 11.8. The lowest BCUT2D eigenvalue weighted by Crippen LogP contribution is -2.33. The number of sulfonamides is 1. The quantitative estimate of drug-likeness (QED) is 0.909. The van der Waals surface area contributed by atoms with Gasteiger partial charge in [-0.15, -0.1) is 0 Å². The molecule has 0 atom stereocenters. The van der Waals surface area contributed by atoms with Gasteiger partial charge >= 0.3 is 0 Å². The highest BCUT2D eigenvalue weighted by Gasteiger charge is 2.25. The Morgan fingerprint density at radius 1 is 1.33 bits per heavy atom. The Bertz CT molecular complexity index is 529. The van der Waals surface area contributed by atoms with Crippen LogP contribution in [-0.2, 0) is 10.0 Å². The number of rotatable bonds is 5. The van der Waals surface area contributed by atoms with Crippen molar-refractivity contribution in [2.45, 2.75) is 13.8 Å². The number of hydrogen-bond acceptors (Lipinski definition) is 3. The van der Waals surface area contributed by atoms with Crippen molar-refractivity contribution in [1.29, 1.82) is 0 Å². The molecule has 0 heterocycles. The second-order valence-electron chi connectivity index (χ2n) is 4.81. The van der Waals surface area contributed by atoms with E-state index < -0.39 is 15.4 Å². The molecule has 0 amide bonds. The van der Waals surface area contributed by atoms with Crippen LogP contribution in [0.4, 0.5) is 0 Å². The van der Waals surface area contributed by atoms with Crippen molar-refractivity contribution in [3.63, 3.8) is 0 Å². The predicted octanol–water partition coefficient (Wildman–Crippen LogP) is 2.69. The lowest BCUT2D eigenvalue weighted by molar-refractivity contribution is 0.200. The van der Waals surface area contributed by atoms with E-state index in [0.717, 1.165) is 0 Å². The summed E-state index contributed by atoms with van der Waals surface area (Å²) in [6.45, 7) is 3.66. The molecule has 102 valence electrons. The van der Waals surface area contributed by atoms with Gasteiger partial charge in [-0.2, -0.15) is 0 Å². The Kier molecular flexibility index (Phi) is 4.89. The molecule has 4 nitrogen and oxygen atoms in total. The van der Waals surface area contributed by atoms with Gasteiger partial charge in [0.15, 0.2) is 0 Å². The van der Waals surface area contributed by atoms with E-state index in [2.05, 4.69) is 0 Å². The first-order chi connectivity index (χ1) is 8.11. The number of nitrogens with two attached hydrogens (primary N) is 1. The van der Waals surface area contributed by atoms with Crippen LogP contribution in [0.2, 0.25) is 10.0 Å². The van der Waals surface area contributed by atoms with Crippen molar-refractivity contribution < 1.29 is 13.2 Å². The van der Waals surface area contributed by atoms with Gasteiger partial charge in [0, 0.05) is 5.41 Å². The Balaban J connectivity index is 2.73. The molecule has 0 saturated carbocycles. The van der Waals surface area contributed by atoms with Crippen LogP contribution in [0.5, 0.6) is 5.75 Å². The Morgan fingerprint density at radius 3 is 2.50 bits per heavy atom. The first-order valence-corrected chi connectivity index (χ1v) is 7.65. The molecule has 1 aromatic carbocycles. The zero-order chi connectivity index (χ0) is 14.0. The van der Waals surface area contributed by atoms with Crippen LogP contribution in [0.3, 0.4) is 0 Å². The van der Waals surface area contributed by atoms with Crippen molar-refractivity contribution in [1.82, 2.24) is 0 Å². The Hall–Kier alpha value is -0.490. The van der Waals surface area contributed by atoms with Gasteiger partial charge in [-0.1, -0.05) is 43.1 Å². The molecule has 0 radical (unpaired) electrons. The van der Waals surface area contributed by atoms with Gasteiger partial charge in [-0.05, 0) is 12.1 Å². The van der Waals surface area contributed by atoms with Gasteiger partial charge < -0.3 is 4.74 Å². The molecule has 0 saturated heterocycles. The highest BCUT2D eigenvalue weighted by atomic mass is 35.5. The third-order valence-corrected chi connectivity index (χ3v) is 4.11. The molecule has 0 fully saturated rings. The first-order valence-electron chi connectivity index (χ1n) is 5.18. The highest BCUT2D eigenvalue weighted by molar-refractivity contribution is 7.89. The second kappa shape index (κ2) is 5.65. The van der Waals surface area contributed by atoms with Gasteiger partial charge in [0.05, 0.1) is 17.4 Å². The summed E-state index contributed by atoms with van der Waals surface area (Å²) in [5.74, 6) is 0.254. The predicted molar refractivity (Wildman–Crippen MR) is 73.7 cm³/mol. The normalized spacial score (nSPS) is 12.5. The Labute approximate surface area is 117 Å². The van der Waals surface area contributed by atoms with Crippen molar-refractivity contribution in [2.75, 3.05) is 12.4 Å². The summed E-state index contributed by atoms with van der Waals surface area (Å²) in [5.41, 5.74) is -0.612. The van der Waals surface area contributed by atoms with Gasteiger partial charge in [-0.3, -0.25) is 0 Å². The molecule has 0 aromatic heterocycles. The first kappa shape index (κ1) is 15.6. The standard InChI is InChI=1S/C11H15Cl2NO3S/c1-11(2,7-18(14,15)16)6-17-9-5-3-4-8(12)10(9)13/h3-5H,6-7H2,1-2H3,(H2,14,15,16). The molecule has 0 aliphatic rings. The number of primary sulfonamides is 1. The maximum absolute atomic E-state index is 11.1. The molecule has 18 heavy (non-hydrogen) atoms. The van der Waals surface area contributed by atoms with Crippen molar-refractivity contribution >= 4 is 33.2 Å². The van der Waals surface area contributed by atoms with E-state index in [1.54, 1.807) is 32.0 Å². The number of hydrogen-bond donors (Lipinski definition) is 1. The van der Waals surface area contributed by atoms with Crippen LogP contribution in [0, 0.1) is 5.41 Å². The van der Waals surface area contributed by atoms with E-state index in [-0.39, 0.29) is 12.4 Å². The van der Waals surface area contributed by atoms with E-state index in [4.69, 9.17) is 33.1 Å². The summed E-state index contributed by atoms with van der Waals surface area (Å²) < 4.78 is 27.6. The SMILES string of the molecule is CC(C)(COc1cccc(Cl)c1Cl)CS(N)(=O)=O. The third kappa shape index (κ3) is 5.02. The van der Waals surface area contributed by atoms with Crippen LogP contribution in [0.25, 0.3) is 0 Å². The molecular weight excluding hydrogens is 297 g/mol. The van der Waals surface area contributed by atoms with Crippen LogP contribution in [-0.4, -0.2) is 20.8 Å². The number of ether oxygens (including phenoxy) is 1. The van der Waals surface area contributed by atoms with Crippen LogP contribution < -0.4 is 9.88 Å². The molecular formula is C11H15Cl2NO3S. The average molecular weight is 312 g/mol. The average Bonchev–Trinajstić information content (AvgIpc) is 2.17. The van der Waals surface area contributed by atoms with Gasteiger partial charge in [0.2, 0.25) is 10.0 Å². The van der Waals surface area contributed by atoms with Gasteiger partial charge in [-0.25, -0.2) is 13.6 Å². The van der Waals surface area contributed by atoms with E-state index in [1.807, 2.05) is 0 Å².